The Morgan fingerprint density at radius 1 is 0.960 bits per heavy atom. The molecule has 0 bridgehead atoms. The molecule has 3 amide bonds. The Morgan fingerprint density at radius 2 is 1.56 bits per heavy atom. The molecular formula is C18H31N3O4. The smallest absolute Gasteiger partial charge is 0.409 e. The van der Waals surface area contributed by atoms with Crippen molar-refractivity contribution >= 4 is 17.9 Å². The van der Waals surface area contributed by atoms with Crippen molar-refractivity contribution in [3.8, 4) is 0 Å². The van der Waals surface area contributed by atoms with Gasteiger partial charge in [0.25, 0.3) is 0 Å². The van der Waals surface area contributed by atoms with Crippen LogP contribution in [0.5, 0.6) is 0 Å². The van der Waals surface area contributed by atoms with E-state index in [0.29, 0.717) is 39.2 Å². The lowest BCUT2D eigenvalue weighted by atomic mass is 9.94. The third-order valence-electron chi connectivity index (χ3n) is 5.05. The molecule has 0 spiro atoms. The van der Waals surface area contributed by atoms with Crippen LogP contribution in [0.2, 0.25) is 0 Å². The maximum Gasteiger partial charge on any atom is 0.409 e. The molecule has 2 aliphatic rings. The Hall–Kier alpha value is -1.79. The normalized spacial score (nSPS) is 19.6. The molecule has 0 atom stereocenters. The van der Waals surface area contributed by atoms with Crippen LogP contribution in [0.25, 0.3) is 0 Å². The summed E-state index contributed by atoms with van der Waals surface area (Å²) < 4.78 is 5.01. The fraction of sp³-hybridized carbons (Fsp3) is 0.833. The Kier molecular flexibility index (Phi) is 7.52. The van der Waals surface area contributed by atoms with Gasteiger partial charge < -0.3 is 19.9 Å². The number of piperidine rings is 2. The average molecular weight is 353 g/mol. The lowest BCUT2D eigenvalue weighted by Gasteiger charge is -2.34. The topological polar surface area (TPSA) is 79.0 Å². The van der Waals surface area contributed by atoms with E-state index in [1.165, 1.54) is 0 Å². The minimum atomic E-state index is -0.267. The number of carbonyl (C=O) groups is 3. The van der Waals surface area contributed by atoms with Crippen molar-refractivity contribution < 1.29 is 19.1 Å². The molecule has 2 fully saturated rings. The monoisotopic (exact) mass is 353 g/mol. The van der Waals surface area contributed by atoms with E-state index in [1.54, 1.807) is 11.8 Å². The summed E-state index contributed by atoms with van der Waals surface area (Å²) in [5.41, 5.74) is 0. The molecule has 7 heteroatoms. The van der Waals surface area contributed by atoms with Gasteiger partial charge in [0, 0.05) is 44.6 Å². The Labute approximate surface area is 150 Å². The van der Waals surface area contributed by atoms with Crippen molar-refractivity contribution in [1.82, 2.24) is 15.1 Å². The van der Waals surface area contributed by atoms with Gasteiger partial charge >= 0.3 is 6.09 Å². The molecule has 2 saturated heterocycles. The first-order valence-electron chi connectivity index (χ1n) is 9.55. The number of nitrogens with one attached hydrogen (secondary N) is 1. The van der Waals surface area contributed by atoms with Gasteiger partial charge in [-0.25, -0.2) is 4.79 Å². The second kappa shape index (κ2) is 9.63. The molecule has 7 nitrogen and oxygen atoms in total. The van der Waals surface area contributed by atoms with Crippen LogP contribution < -0.4 is 5.32 Å². The van der Waals surface area contributed by atoms with Gasteiger partial charge in [0.1, 0.15) is 0 Å². The molecule has 0 aromatic rings. The van der Waals surface area contributed by atoms with Crippen LogP contribution in [0.3, 0.4) is 0 Å². The summed E-state index contributed by atoms with van der Waals surface area (Å²) in [7, 11) is 0. The predicted octanol–water partition coefficient (Wildman–Crippen LogP) is 1.76. The molecule has 0 unspecified atom stereocenters. The Bertz CT molecular complexity index is 467. The first-order chi connectivity index (χ1) is 12.0. The van der Waals surface area contributed by atoms with E-state index < -0.39 is 0 Å². The summed E-state index contributed by atoms with van der Waals surface area (Å²) in [6, 6.07) is 0.123. The summed E-state index contributed by atoms with van der Waals surface area (Å²) in [5.74, 6) is 0.290. The Balaban J connectivity index is 1.70. The first-order valence-corrected chi connectivity index (χ1v) is 9.55. The molecule has 1 N–H and O–H groups in total. The highest BCUT2D eigenvalue weighted by molar-refractivity contribution is 5.80. The van der Waals surface area contributed by atoms with Gasteiger partial charge in [-0.2, -0.15) is 0 Å². The van der Waals surface area contributed by atoms with Crippen LogP contribution in [-0.4, -0.2) is 66.5 Å². The lowest BCUT2D eigenvalue weighted by Crippen LogP contribution is -2.49. The first kappa shape index (κ1) is 19.5. The Morgan fingerprint density at radius 3 is 2.12 bits per heavy atom. The highest BCUT2D eigenvalue weighted by Crippen LogP contribution is 2.20. The minimum absolute atomic E-state index is 0.00578. The summed E-state index contributed by atoms with van der Waals surface area (Å²) in [5, 5.41) is 3.13. The predicted molar refractivity (Wildman–Crippen MR) is 94.0 cm³/mol. The molecule has 0 aliphatic carbocycles. The third kappa shape index (κ3) is 5.61. The largest absolute Gasteiger partial charge is 0.450 e. The van der Waals surface area contributed by atoms with E-state index in [0.717, 1.165) is 32.1 Å². The van der Waals surface area contributed by atoms with Crippen molar-refractivity contribution in [3.63, 3.8) is 0 Å². The van der Waals surface area contributed by atoms with Crippen LogP contribution in [0.15, 0.2) is 0 Å². The molecule has 0 saturated carbocycles. The summed E-state index contributed by atoms with van der Waals surface area (Å²) in [6.45, 7) is 6.78. The second-order valence-corrected chi connectivity index (χ2v) is 6.87. The maximum absolute atomic E-state index is 12.5. The summed E-state index contributed by atoms with van der Waals surface area (Å²) >= 11 is 0. The zero-order valence-electron chi connectivity index (χ0n) is 15.5. The number of hydrogen-bond acceptors (Lipinski definition) is 4. The average Bonchev–Trinajstić information content (AvgIpc) is 2.63. The molecule has 2 rings (SSSR count). The zero-order chi connectivity index (χ0) is 18.2. The molecular weight excluding hydrogens is 322 g/mol. The molecule has 0 aromatic heterocycles. The van der Waals surface area contributed by atoms with E-state index >= 15 is 0 Å². The second-order valence-electron chi connectivity index (χ2n) is 6.87. The van der Waals surface area contributed by atoms with Crippen LogP contribution in [0.4, 0.5) is 4.79 Å². The van der Waals surface area contributed by atoms with E-state index in [9.17, 15) is 14.4 Å². The van der Waals surface area contributed by atoms with E-state index in [2.05, 4.69) is 5.32 Å². The lowest BCUT2D eigenvalue weighted by molar-refractivity contribution is -0.136. The fourth-order valence-electron chi connectivity index (χ4n) is 3.50. The van der Waals surface area contributed by atoms with Gasteiger partial charge in [0.2, 0.25) is 11.8 Å². The van der Waals surface area contributed by atoms with Crippen molar-refractivity contribution in [1.29, 1.82) is 0 Å². The fourth-order valence-corrected chi connectivity index (χ4v) is 3.50. The molecule has 2 heterocycles. The summed E-state index contributed by atoms with van der Waals surface area (Å²) in [6.07, 6.45) is 4.19. The van der Waals surface area contributed by atoms with Crippen molar-refractivity contribution in [2.24, 2.45) is 5.92 Å². The van der Waals surface area contributed by atoms with Crippen molar-refractivity contribution in [2.75, 3.05) is 32.8 Å². The zero-order valence-corrected chi connectivity index (χ0v) is 15.5. The number of ether oxygens (including phenoxy) is 1. The molecule has 2 aliphatic heterocycles. The quantitative estimate of drug-likeness (QED) is 0.817. The van der Waals surface area contributed by atoms with Gasteiger partial charge in [0.05, 0.1) is 6.61 Å². The number of nitrogens with zero attached hydrogens (tertiary/aromatic N) is 2. The van der Waals surface area contributed by atoms with Crippen LogP contribution in [0, 0.1) is 5.92 Å². The maximum atomic E-state index is 12.5. The van der Waals surface area contributed by atoms with Gasteiger partial charge in [-0.3, -0.25) is 9.59 Å². The van der Waals surface area contributed by atoms with Crippen LogP contribution >= 0.6 is 0 Å². The molecule has 0 radical (unpaired) electrons. The minimum Gasteiger partial charge on any atom is -0.450 e. The van der Waals surface area contributed by atoms with Gasteiger partial charge in [-0.1, -0.05) is 6.92 Å². The van der Waals surface area contributed by atoms with E-state index in [1.807, 2.05) is 11.8 Å². The highest BCUT2D eigenvalue weighted by atomic mass is 16.6. The van der Waals surface area contributed by atoms with Crippen LogP contribution in [-0.2, 0) is 14.3 Å². The van der Waals surface area contributed by atoms with E-state index in [-0.39, 0.29) is 29.9 Å². The van der Waals surface area contributed by atoms with Gasteiger partial charge in [0.15, 0.2) is 0 Å². The van der Waals surface area contributed by atoms with Crippen molar-refractivity contribution in [2.45, 2.75) is 58.4 Å². The standard InChI is InChI=1S/C18H31N3O4/c1-3-5-16(22)20-10-6-14(7-11-20)17(23)19-15-8-12-21(13-9-15)18(24)25-4-2/h14-15H,3-13H2,1-2H3,(H,19,23). The highest BCUT2D eigenvalue weighted by Gasteiger charge is 2.30. The number of carbonyl (C=O) groups excluding carboxylic acids is 3. The van der Waals surface area contributed by atoms with Crippen LogP contribution in [0.1, 0.15) is 52.4 Å². The third-order valence-corrected chi connectivity index (χ3v) is 5.05. The van der Waals surface area contributed by atoms with E-state index in [4.69, 9.17) is 4.74 Å². The van der Waals surface area contributed by atoms with Gasteiger partial charge in [-0.05, 0) is 39.0 Å². The number of likely N-dealkylation sites (tertiary alicyclic amines) is 2. The number of rotatable bonds is 5. The van der Waals surface area contributed by atoms with Crippen molar-refractivity contribution in [3.05, 3.63) is 0 Å². The molecule has 142 valence electrons. The number of hydrogen-bond donors (Lipinski definition) is 1. The van der Waals surface area contributed by atoms with Gasteiger partial charge in [-0.15, -0.1) is 0 Å². The molecule has 0 aromatic carbocycles. The SMILES string of the molecule is CCCC(=O)N1CCC(C(=O)NC2CCN(C(=O)OCC)CC2)CC1. The summed E-state index contributed by atoms with van der Waals surface area (Å²) in [4.78, 5) is 39.6. The number of amides is 3. The molecule has 25 heavy (non-hydrogen) atoms.